The molecule has 2 aliphatic carbocycles. The molecule has 13 heteroatoms. The molecule has 1 aromatic carbocycles. The van der Waals surface area contributed by atoms with Gasteiger partial charge in [0.25, 0.3) is 6.01 Å². The van der Waals surface area contributed by atoms with Crippen molar-refractivity contribution >= 4 is 35.2 Å². The number of nitrogens with two attached hydrogens (primary N) is 1. The number of carbonyl (C=O) groups excluding carboxylic acids is 1. The van der Waals surface area contributed by atoms with Crippen molar-refractivity contribution < 1.29 is 36.7 Å². The van der Waals surface area contributed by atoms with Gasteiger partial charge in [-0.25, -0.2) is 0 Å². The van der Waals surface area contributed by atoms with Crippen LogP contribution in [-0.4, -0.2) is 43.9 Å². The van der Waals surface area contributed by atoms with Gasteiger partial charge in [-0.3, -0.25) is 4.79 Å². The van der Waals surface area contributed by atoms with Crippen LogP contribution in [0.4, 0.5) is 19.2 Å². The normalized spacial score (nSPS) is 23.8. The van der Waals surface area contributed by atoms with E-state index < -0.39 is 30.0 Å². The monoisotopic (exact) mass is 617 g/mol. The van der Waals surface area contributed by atoms with Gasteiger partial charge in [-0.1, -0.05) is 36.2 Å². The third-order valence-electron chi connectivity index (χ3n) is 8.28. The molecule has 0 radical (unpaired) electrons. The summed E-state index contributed by atoms with van der Waals surface area (Å²) in [5.74, 6) is 4.79. The molecule has 1 saturated heterocycles. The number of methoxy groups -OCH3 is 1. The van der Waals surface area contributed by atoms with Crippen molar-refractivity contribution in [1.82, 2.24) is 4.98 Å². The molecular weight excluding hydrogens is 586 g/mol. The maximum absolute atomic E-state index is 13.5. The molecule has 2 N–H and O–H groups in total. The summed E-state index contributed by atoms with van der Waals surface area (Å²) in [6, 6.07) is 5.26. The zero-order chi connectivity index (χ0) is 29.5. The highest BCUT2D eigenvalue weighted by atomic mass is 35.5. The number of esters is 1. The van der Waals surface area contributed by atoms with Crippen molar-refractivity contribution in [2.75, 3.05) is 31.7 Å². The number of carbonyl (C=O) groups is 1. The smallest absolute Gasteiger partial charge is 0.451 e. The maximum atomic E-state index is 13.5. The largest absolute Gasteiger partial charge is 0.469 e. The Morgan fingerprint density at radius 2 is 1.83 bits per heavy atom. The van der Waals surface area contributed by atoms with Crippen molar-refractivity contribution in [3.63, 3.8) is 0 Å². The maximum Gasteiger partial charge on any atom is 0.451 e. The Kier molecular flexibility index (Phi) is 8.80. The summed E-state index contributed by atoms with van der Waals surface area (Å²) in [5, 5.41) is 1.11. The Hall–Kier alpha value is -2.47. The van der Waals surface area contributed by atoms with Crippen molar-refractivity contribution in [1.29, 1.82) is 0 Å². The highest BCUT2D eigenvalue weighted by Crippen LogP contribution is 2.46. The van der Waals surface area contributed by atoms with Crippen LogP contribution in [0, 0.1) is 17.8 Å². The summed E-state index contributed by atoms with van der Waals surface area (Å²) in [7, 11) is 1.11. The molecule has 0 spiro atoms. The van der Waals surface area contributed by atoms with E-state index in [1.807, 2.05) is 6.92 Å². The molecule has 2 aromatic rings. The third kappa shape index (κ3) is 6.48. The Labute approximate surface area is 245 Å². The van der Waals surface area contributed by atoms with E-state index in [1.54, 1.807) is 23.1 Å². The molecular formula is C28H32Cl2F3N3O5. The number of benzene rings is 1. The number of hydrogen-bond donors (Lipinski definition) is 1. The minimum absolute atomic E-state index is 0.0422. The lowest BCUT2D eigenvalue weighted by atomic mass is 9.91. The minimum atomic E-state index is -4.77. The van der Waals surface area contributed by atoms with Crippen LogP contribution in [0.15, 0.2) is 33.9 Å². The summed E-state index contributed by atoms with van der Waals surface area (Å²) in [6.07, 6.45) is -1.99. The second-order valence-corrected chi connectivity index (χ2v) is 11.8. The van der Waals surface area contributed by atoms with Gasteiger partial charge in [0.05, 0.1) is 26.2 Å². The van der Waals surface area contributed by atoms with Crippen LogP contribution in [0.25, 0.3) is 0 Å². The molecule has 4 atom stereocenters. The fraction of sp³-hybridized carbons (Fsp3) is 0.571. The van der Waals surface area contributed by atoms with E-state index in [4.69, 9.17) is 43.1 Å². The van der Waals surface area contributed by atoms with E-state index in [2.05, 4.69) is 9.72 Å². The first kappa shape index (κ1) is 30.0. The number of hydrogen-bond acceptors (Lipinski definition) is 8. The molecule has 1 aliphatic heterocycles. The van der Waals surface area contributed by atoms with Crippen molar-refractivity contribution in [3.8, 4) is 0 Å². The number of halogens is 5. The molecule has 2 saturated carbocycles. The van der Waals surface area contributed by atoms with Crippen LogP contribution >= 0.6 is 23.2 Å². The van der Waals surface area contributed by atoms with Crippen LogP contribution in [-0.2, 0) is 31.7 Å². The van der Waals surface area contributed by atoms with E-state index in [1.165, 1.54) is 0 Å². The number of fused-ring (bicyclic) bond motifs is 1. The van der Waals surface area contributed by atoms with Gasteiger partial charge in [-0.15, -0.1) is 0 Å². The zero-order valence-electron chi connectivity index (χ0n) is 22.7. The van der Waals surface area contributed by atoms with Crippen LogP contribution < -0.4 is 10.8 Å². The molecule has 8 nitrogen and oxygen atoms in total. The van der Waals surface area contributed by atoms with Crippen molar-refractivity contribution in [2.45, 2.75) is 57.2 Å². The van der Waals surface area contributed by atoms with Gasteiger partial charge < -0.3 is 23.6 Å². The molecule has 5 rings (SSSR count). The quantitative estimate of drug-likeness (QED) is 0.188. The lowest BCUT2D eigenvalue weighted by molar-refractivity contribution is -0.153. The van der Waals surface area contributed by atoms with Gasteiger partial charge in [0.15, 0.2) is 0 Å². The van der Waals surface area contributed by atoms with Gasteiger partial charge in [0.1, 0.15) is 11.5 Å². The second kappa shape index (κ2) is 12.0. The van der Waals surface area contributed by atoms with Gasteiger partial charge in [-0.05, 0) is 55.2 Å². The summed E-state index contributed by atoms with van der Waals surface area (Å²) in [6.45, 7) is 3.26. The average Bonchev–Trinajstić information content (AvgIpc) is 3.34. The number of allylic oxidation sites excluding steroid dienone is 1. The van der Waals surface area contributed by atoms with Crippen molar-refractivity contribution in [2.24, 2.45) is 23.7 Å². The van der Waals surface area contributed by atoms with Crippen LogP contribution in [0.5, 0.6) is 0 Å². The van der Waals surface area contributed by atoms with E-state index in [0.717, 1.165) is 43.9 Å². The molecule has 3 fully saturated rings. The van der Waals surface area contributed by atoms with Gasteiger partial charge in [0.2, 0.25) is 5.76 Å². The topological polar surface area (TPSA) is 100 Å². The highest BCUT2D eigenvalue weighted by Gasteiger charge is 2.45. The summed E-state index contributed by atoms with van der Waals surface area (Å²) >= 11 is 13.0. The summed E-state index contributed by atoms with van der Waals surface area (Å²) < 4.78 is 56.6. The van der Waals surface area contributed by atoms with Gasteiger partial charge in [0, 0.05) is 40.5 Å². The van der Waals surface area contributed by atoms with Gasteiger partial charge >= 0.3 is 12.1 Å². The number of nitrogens with zero attached hydrogens (tertiary/aromatic N) is 2. The van der Waals surface area contributed by atoms with E-state index in [0.29, 0.717) is 35.5 Å². The van der Waals surface area contributed by atoms with Crippen LogP contribution in [0.1, 0.15) is 55.5 Å². The predicted molar refractivity (Wildman–Crippen MR) is 145 cm³/mol. The minimum Gasteiger partial charge on any atom is -0.469 e. The Balaban J connectivity index is 1.25. The molecule has 2 unspecified atom stereocenters. The average molecular weight is 618 g/mol. The number of oxazole rings is 1. The molecule has 1 aromatic heterocycles. The lowest BCUT2D eigenvalue weighted by Crippen LogP contribution is -2.24. The standard InChI is InChI=1S/C28H32Cl2F3N3O5/c1-14(24-20(29)4-3-5-21(24)30)19(25(41-34)15-6-7-15)13-39-18-8-16-11-36(12-17(16)9-18)27-35-22(10-23(37)38-2)26(40-27)28(31,32)33/h3-5,14-18H,6-13,34H2,1-2H3/b25-19-/t14?,16-,17+,18?. The number of ether oxygens (including phenoxy) is 2. The number of anilines is 1. The Bertz CT molecular complexity index is 1280. The van der Waals surface area contributed by atoms with Gasteiger partial charge in [-0.2, -0.15) is 24.1 Å². The van der Waals surface area contributed by atoms with E-state index in [-0.39, 0.29) is 35.8 Å². The zero-order valence-corrected chi connectivity index (χ0v) is 24.2. The van der Waals surface area contributed by atoms with Crippen LogP contribution in [0.2, 0.25) is 10.0 Å². The highest BCUT2D eigenvalue weighted by molar-refractivity contribution is 6.36. The fourth-order valence-corrected chi connectivity index (χ4v) is 6.78. The lowest BCUT2D eigenvalue weighted by Gasteiger charge is -2.24. The molecule has 3 aliphatic rings. The molecule has 0 bridgehead atoms. The van der Waals surface area contributed by atoms with Crippen molar-refractivity contribution in [3.05, 3.63) is 56.6 Å². The molecule has 2 heterocycles. The fourth-order valence-electron chi connectivity index (χ4n) is 6.06. The predicted octanol–water partition coefficient (Wildman–Crippen LogP) is 6.31. The first-order valence-corrected chi connectivity index (χ1v) is 14.3. The Morgan fingerprint density at radius 3 is 2.37 bits per heavy atom. The van der Waals surface area contributed by atoms with E-state index >= 15 is 0 Å². The first-order valence-electron chi connectivity index (χ1n) is 13.5. The summed E-state index contributed by atoms with van der Waals surface area (Å²) in [4.78, 5) is 22.7. The Morgan fingerprint density at radius 1 is 1.20 bits per heavy atom. The van der Waals surface area contributed by atoms with E-state index in [9.17, 15) is 18.0 Å². The molecule has 41 heavy (non-hydrogen) atoms. The number of rotatable bonds is 10. The molecule has 0 amide bonds. The molecule has 224 valence electrons. The number of alkyl halides is 3. The second-order valence-electron chi connectivity index (χ2n) is 11.0. The SMILES string of the molecule is COC(=O)Cc1nc(N2C[C@H]3CC(OC/C(=C(/ON)C4CC4)C(C)c4c(Cl)cccc4Cl)C[C@H]3C2)oc1C(F)(F)F. The first-order chi connectivity index (χ1) is 19.5. The summed E-state index contributed by atoms with van der Waals surface area (Å²) in [5.41, 5.74) is 1.22. The number of aromatic nitrogens is 1. The third-order valence-corrected chi connectivity index (χ3v) is 8.94. The van der Waals surface area contributed by atoms with Crippen LogP contribution in [0.3, 0.4) is 0 Å².